The van der Waals surface area contributed by atoms with Crippen molar-refractivity contribution < 1.29 is 9.53 Å². The molecule has 3 aromatic rings. The molecule has 8 heteroatoms. The number of aromatic nitrogens is 3. The molecule has 0 spiro atoms. The van der Waals surface area contributed by atoms with E-state index in [0.717, 1.165) is 58.6 Å². The topological polar surface area (TPSA) is 89.0 Å². The van der Waals surface area contributed by atoms with Crippen LogP contribution >= 0.6 is 11.3 Å². The van der Waals surface area contributed by atoms with E-state index in [-0.39, 0.29) is 11.8 Å². The minimum atomic E-state index is 0.0404. The smallest absolute Gasteiger partial charge is 0.228 e. The number of nitrogens with one attached hydrogen (secondary N) is 2. The Bertz CT molecular complexity index is 1010. The van der Waals surface area contributed by atoms with Gasteiger partial charge in [0, 0.05) is 42.8 Å². The van der Waals surface area contributed by atoms with Crippen LogP contribution in [0.1, 0.15) is 30.7 Å². The number of rotatable bonds is 7. The predicted octanol–water partition coefficient (Wildman–Crippen LogP) is 3.80. The summed E-state index contributed by atoms with van der Waals surface area (Å²) >= 11 is 1.57. The van der Waals surface area contributed by atoms with Crippen LogP contribution < -0.4 is 10.6 Å². The van der Waals surface area contributed by atoms with Crippen LogP contribution in [0.15, 0.2) is 30.5 Å². The molecule has 1 amide bonds. The maximum atomic E-state index is 12.8. The number of fused-ring (bicyclic) bond motifs is 1. The van der Waals surface area contributed by atoms with E-state index < -0.39 is 0 Å². The Labute approximate surface area is 180 Å². The van der Waals surface area contributed by atoms with E-state index in [0.29, 0.717) is 18.5 Å². The van der Waals surface area contributed by atoms with E-state index in [1.54, 1.807) is 24.6 Å². The quantitative estimate of drug-likeness (QED) is 0.560. The van der Waals surface area contributed by atoms with Crippen LogP contribution in [0.3, 0.4) is 0 Å². The summed E-state index contributed by atoms with van der Waals surface area (Å²) in [4.78, 5) is 17.2. The summed E-state index contributed by atoms with van der Waals surface area (Å²) in [5, 5.41) is 18.7. The maximum absolute atomic E-state index is 12.8. The molecule has 4 rings (SSSR count). The molecule has 7 nitrogen and oxygen atoms in total. The van der Waals surface area contributed by atoms with Crippen LogP contribution in [0.4, 0.5) is 5.82 Å². The lowest BCUT2D eigenvalue weighted by atomic mass is 9.85. The fourth-order valence-corrected chi connectivity index (χ4v) is 4.60. The van der Waals surface area contributed by atoms with Crippen LogP contribution in [0, 0.1) is 12.8 Å². The van der Waals surface area contributed by atoms with Crippen LogP contribution in [0.5, 0.6) is 0 Å². The molecule has 30 heavy (non-hydrogen) atoms. The van der Waals surface area contributed by atoms with Gasteiger partial charge in [-0.1, -0.05) is 23.5 Å². The van der Waals surface area contributed by atoms with Crippen molar-refractivity contribution in [1.29, 1.82) is 0 Å². The van der Waals surface area contributed by atoms with Crippen LogP contribution in [-0.4, -0.2) is 47.4 Å². The highest BCUT2D eigenvalue weighted by molar-refractivity contribution is 7.14. The summed E-state index contributed by atoms with van der Waals surface area (Å²) in [6.07, 6.45) is 5.61. The number of carbonyl (C=O) groups is 1. The third-order valence-corrected chi connectivity index (χ3v) is 6.47. The minimum absolute atomic E-state index is 0.0404. The lowest BCUT2D eigenvalue weighted by Crippen LogP contribution is -2.37. The summed E-state index contributed by atoms with van der Waals surface area (Å²) in [6.45, 7) is 3.52. The average molecular weight is 426 g/mol. The molecule has 0 bridgehead atoms. The second kappa shape index (κ2) is 9.59. The van der Waals surface area contributed by atoms with E-state index in [4.69, 9.17) is 4.74 Å². The van der Waals surface area contributed by atoms with Crippen molar-refractivity contribution in [2.24, 2.45) is 5.92 Å². The molecule has 158 valence electrons. The monoisotopic (exact) mass is 425 g/mol. The number of benzene rings is 1. The number of pyridine rings is 1. The maximum Gasteiger partial charge on any atom is 0.228 e. The molecule has 0 radical (unpaired) electrons. The van der Waals surface area contributed by atoms with E-state index in [2.05, 4.69) is 31.9 Å². The van der Waals surface area contributed by atoms with Crippen LogP contribution in [-0.2, 0) is 9.53 Å². The fourth-order valence-electron chi connectivity index (χ4n) is 3.91. The normalized spacial score (nSPS) is 19.1. The van der Waals surface area contributed by atoms with Gasteiger partial charge >= 0.3 is 0 Å². The van der Waals surface area contributed by atoms with Crippen molar-refractivity contribution in [2.75, 3.05) is 25.6 Å². The summed E-state index contributed by atoms with van der Waals surface area (Å²) in [6, 6.07) is 8.54. The summed E-state index contributed by atoms with van der Waals surface area (Å²) < 4.78 is 5.08. The third-order valence-electron chi connectivity index (χ3n) is 5.58. The molecule has 1 aliphatic rings. The molecule has 2 N–H and O–H groups in total. The zero-order chi connectivity index (χ0) is 20.9. The van der Waals surface area contributed by atoms with E-state index in [1.807, 2.05) is 25.1 Å². The summed E-state index contributed by atoms with van der Waals surface area (Å²) in [5.41, 5.74) is 1.02. The Morgan fingerprint density at radius 3 is 2.73 bits per heavy atom. The van der Waals surface area contributed by atoms with Crippen molar-refractivity contribution in [3.05, 3.63) is 35.5 Å². The summed E-state index contributed by atoms with van der Waals surface area (Å²) in [7, 11) is 1.71. The van der Waals surface area contributed by atoms with Gasteiger partial charge in [-0.05, 0) is 50.1 Å². The van der Waals surface area contributed by atoms with Crippen LogP contribution in [0.25, 0.3) is 21.3 Å². The minimum Gasteiger partial charge on any atom is -0.383 e. The average Bonchev–Trinajstić information content (AvgIpc) is 3.20. The number of amides is 1. The molecular weight excluding hydrogens is 398 g/mol. The standard InChI is InChI=1S/C22H27N5O2S/c1-14-26-27-22(30-14)16-3-4-17-13-24-20(12-18(17)11-16)25-21(28)15-5-7-19(8-6-15)23-9-10-29-2/h3-4,11-13,15,19,23H,5-10H2,1-2H3,(H,24,25,28). The molecule has 0 atom stereocenters. The van der Waals surface area contributed by atoms with Gasteiger partial charge < -0.3 is 15.4 Å². The van der Waals surface area contributed by atoms with Crippen molar-refractivity contribution in [2.45, 2.75) is 38.6 Å². The lowest BCUT2D eigenvalue weighted by molar-refractivity contribution is -0.120. The second-order valence-electron chi connectivity index (χ2n) is 7.74. The van der Waals surface area contributed by atoms with E-state index >= 15 is 0 Å². The molecule has 2 heterocycles. The Balaban J connectivity index is 1.39. The first kappa shape index (κ1) is 20.8. The number of carbonyl (C=O) groups excluding carboxylic acids is 1. The fraction of sp³-hybridized carbons (Fsp3) is 0.455. The van der Waals surface area contributed by atoms with Crippen molar-refractivity contribution in [1.82, 2.24) is 20.5 Å². The zero-order valence-corrected chi connectivity index (χ0v) is 18.2. The van der Waals surface area contributed by atoms with Gasteiger partial charge in [0.1, 0.15) is 15.8 Å². The number of anilines is 1. The van der Waals surface area contributed by atoms with Gasteiger partial charge in [0.25, 0.3) is 0 Å². The summed E-state index contributed by atoms with van der Waals surface area (Å²) in [5.74, 6) is 0.699. The predicted molar refractivity (Wildman–Crippen MR) is 120 cm³/mol. The largest absolute Gasteiger partial charge is 0.383 e. The molecule has 0 aliphatic heterocycles. The zero-order valence-electron chi connectivity index (χ0n) is 17.4. The first-order valence-corrected chi connectivity index (χ1v) is 11.2. The first-order chi connectivity index (χ1) is 14.6. The number of hydrogen-bond acceptors (Lipinski definition) is 7. The van der Waals surface area contributed by atoms with Gasteiger partial charge in [-0.2, -0.15) is 0 Å². The molecule has 1 aliphatic carbocycles. The van der Waals surface area contributed by atoms with Gasteiger partial charge in [-0.3, -0.25) is 4.79 Å². The molecule has 0 saturated heterocycles. The van der Waals surface area contributed by atoms with Gasteiger partial charge in [-0.25, -0.2) is 4.98 Å². The number of methoxy groups -OCH3 is 1. The Hall–Kier alpha value is -2.42. The molecular formula is C22H27N5O2S. The second-order valence-corrected chi connectivity index (χ2v) is 8.92. The molecule has 0 unspecified atom stereocenters. The SMILES string of the molecule is COCCNC1CCC(C(=O)Nc2cc3cc(-c4nnc(C)s4)ccc3cn2)CC1. The highest BCUT2D eigenvalue weighted by atomic mass is 32.1. The highest BCUT2D eigenvalue weighted by Gasteiger charge is 2.26. The molecule has 1 fully saturated rings. The molecule has 1 saturated carbocycles. The van der Waals surface area contributed by atoms with Crippen molar-refractivity contribution in [3.63, 3.8) is 0 Å². The highest BCUT2D eigenvalue weighted by Crippen LogP contribution is 2.29. The third kappa shape index (κ3) is 5.00. The van der Waals surface area contributed by atoms with Crippen LogP contribution in [0.2, 0.25) is 0 Å². The first-order valence-electron chi connectivity index (χ1n) is 10.4. The lowest BCUT2D eigenvalue weighted by Gasteiger charge is -2.28. The number of ether oxygens (including phenoxy) is 1. The molecule has 1 aromatic carbocycles. The molecule has 2 aromatic heterocycles. The number of hydrogen-bond donors (Lipinski definition) is 2. The Morgan fingerprint density at radius 1 is 1.17 bits per heavy atom. The van der Waals surface area contributed by atoms with Gasteiger partial charge in [0.15, 0.2) is 0 Å². The van der Waals surface area contributed by atoms with Gasteiger partial charge in [0.05, 0.1) is 6.61 Å². The van der Waals surface area contributed by atoms with Gasteiger partial charge in [-0.15, -0.1) is 10.2 Å². The number of nitrogens with zero attached hydrogens (tertiary/aromatic N) is 3. The van der Waals surface area contributed by atoms with E-state index in [1.165, 1.54) is 0 Å². The Kier molecular flexibility index (Phi) is 6.66. The van der Waals surface area contributed by atoms with Gasteiger partial charge in [0.2, 0.25) is 5.91 Å². The Morgan fingerprint density at radius 2 is 2.00 bits per heavy atom. The van der Waals surface area contributed by atoms with Crippen molar-refractivity contribution >= 4 is 33.8 Å². The van der Waals surface area contributed by atoms with E-state index in [9.17, 15) is 4.79 Å². The number of aryl methyl sites for hydroxylation is 1. The van der Waals surface area contributed by atoms with Crippen molar-refractivity contribution in [3.8, 4) is 10.6 Å².